The Kier molecular flexibility index (Phi) is 4.71. The predicted molar refractivity (Wildman–Crippen MR) is 86.2 cm³/mol. The largest absolute Gasteiger partial charge is 0.394 e. The molecule has 3 unspecified atom stereocenters. The third-order valence-corrected chi connectivity index (χ3v) is 4.51. The summed E-state index contributed by atoms with van der Waals surface area (Å²) in [4.78, 5) is 11.7. The molecule has 1 aliphatic heterocycles. The van der Waals surface area contributed by atoms with Gasteiger partial charge in [0.1, 0.15) is 24.4 Å². The second kappa shape index (κ2) is 6.62. The molecule has 1 aliphatic carbocycles. The molecule has 1 heterocycles. The van der Waals surface area contributed by atoms with Crippen LogP contribution in [-0.2, 0) is 16.0 Å². The molecule has 0 saturated carbocycles. The molecule has 24 heavy (non-hydrogen) atoms. The van der Waals surface area contributed by atoms with Gasteiger partial charge in [-0.2, -0.15) is 0 Å². The van der Waals surface area contributed by atoms with Crippen molar-refractivity contribution in [1.82, 2.24) is 0 Å². The van der Waals surface area contributed by atoms with Crippen LogP contribution in [0, 0.1) is 0 Å². The Morgan fingerprint density at radius 1 is 1.25 bits per heavy atom. The minimum absolute atomic E-state index is 0.0272. The normalized spacial score (nSPS) is 33.0. The highest BCUT2D eigenvalue weighted by molar-refractivity contribution is 6.01. The first-order chi connectivity index (χ1) is 11.4. The second-order valence-corrected chi connectivity index (χ2v) is 6.24. The highest BCUT2D eigenvalue weighted by Gasteiger charge is 2.43. The van der Waals surface area contributed by atoms with E-state index in [0.29, 0.717) is 12.1 Å². The highest BCUT2D eigenvalue weighted by atomic mass is 16.6. The average molecular weight is 335 g/mol. The molecule has 0 bridgehead atoms. The van der Waals surface area contributed by atoms with E-state index in [0.717, 1.165) is 16.7 Å². The Bertz CT molecular complexity index is 673. The maximum atomic E-state index is 11.7. The summed E-state index contributed by atoms with van der Waals surface area (Å²) in [5, 5.41) is 42.1. The Morgan fingerprint density at radius 2 is 2.00 bits per heavy atom. The van der Waals surface area contributed by atoms with E-state index in [1.165, 1.54) is 0 Å². The van der Waals surface area contributed by atoms with E-state index in [2.05, 4.69) is 5.32 Å². The zero-order valence-corrected chi connectivity index (χ0v) is 13.2. The average Bonchev–Trinajstić information content (AvgIpc) is 2.54. The van der Waals surface area contributed by atoms with Crippen LogP contribution in [0.25, 0.3) is 5.57 Å². The lowest BCUT2D eigenvalue weighted by atomic mass is 9.90. The lowest BCUT2D eigenvalue weighted by Gasteiger charge is -2.40. The number of hydrogen-bond acceptors (Lipinski definition) is 7. The van der Waals surface area contributed by atoms with Crippen LogP contribution in [0.1, 0.15) is 18.1 Å². The fourth-order valence-corrected chi connectivity index (χ4v) is 3.22. The summed E-state index contributed by atoms with van der Waals surface area (Å²) in [5.41, 5.74) is 3.34. The van der Waals surface area contributed by atoms with Gasteiger partial charge < -0.3 is 30.5 Å². The van der Waals surface area contributed by atoms with Crippen LogP contribution in [0.3, 0.4) is 0 Å². The molecule has 0 spiro atoms. The van der Waals surface area contributed by atoms with Gasteiger partial charge in [0.05, 0.1) is 6.61 Å². The molecular weight excluding hydrogens is 314 g/mol. The van der Waals surface area contributed by atoms with Crippen molar-refractivity contribution in [1.29, 1.82) is 0 Å². The summed E-state index contributed by atoms with van der Waals surface area (Å²) >= 11 is 0. The van der Waals surface area contributed by atoms with Crippen molar-refractivity contribution in [3.63, 3.8) is 0 Å². The Morgan fingerprint density at radius 3 is 2.71 bits per heavy atom. The maximum absolute atomic E-state index is 11.7. The van der Waals surface area contributed by atoms with Gasteiger partial charge >= 0.3 is 0 Å². The Hall–Kier alpha value is -1.77. The molecule has 0 radical (unpaired) electrons. The summed E-state index contributed by atoms with van der Waals surface area (Å²) in [6.45, 7) is 1.37. The first-order valence-corrected chi connectivity index (χ1v) is 7.82. The topological polar surface area (TPSA) is 119 Å². The molecule has 0 amide bonds. The van der Waals surface area contributed by atoms with E-state index < -0.39 is 37.3 Å². The standard InChI is InChI=1S/C17H21NO6/c1-8-4-11(20)6-9-5-10(2-3-12(8)9)18-14-16(22)15(21)13(7-19)24-17(14)23/h2-5,13-19,21-23H,6-7H2,1H3/t13?,14?,15-,16-,17?/m1/s1. The SMILES string of the molecule is CC1=CC(=O)Cc2cc(NC3C(O)OC(CO)[C@@H](O)[C@@H]3O)ccc21. The number of carbonyl (C=O) groups is 1. The molecule has 5 N–H and O–H groups in total. The van der Waals surface area contributed by atoms with Crippen LogP contribution in [-0.4, -0.2) is 63.5 Å². The second-order valence-electron chi connectivity index (χ2n) is 6.24. The molecular formula is C17H21NO6. The number of rotatable bonds is 3. The number of benzene rings is 1. The van der Waals surface area contributed by atoms with E-state index >= 15 is 0 Å². The zero-order chi connectivity index (χ0) is 17.4. The van der Waals surface area contributed by atoms with Crippen LogP contribution in [0.2, 0.25) is 0 Å². The van der Waals surface area contributed by atoms with Crippen LogP contribution in [0.15, 0.2) is 24.3 Å². The number of nitrogens with one attached hydrogen (secondary N) is 1. The van der Waals surface area contributed by atoms with Crippen molar-refractivity contribution in [3.05, 3.63) is 35.4 Å². The summed E-state index contributed by atoms with van der Waals surface area (Å²) < 4.78 is 5.12. The molecule has 1 aromatic carbocycles. The molecule has 1 fully saturated rings. The quantitative estimate of drug-likeness (QED) is 0.502. The highest BCUT2D eigenvalue weighted by Crippen LogP contribution is 2.29. The van der Waals surface area contributed by atoms with Crippen LogP contribution in [0.4, 0.5) is 5.69 Å². The molecule has 3 rings (SSSR count). The number of aliphatic hydroxyl groups is 4. The monoisotopic (exact) mass is 335 g/mol. The number of aliphatic hydroxyl groups excluding tert-OH is 4. The molecule has 130 valence electrons. The van der Waals surface area contributed by atoms with Gasteiger partial charge in [-0.3, -0.25) is 4.79 Å². The lowest BCUT2D eigenvalue weighted by molar-refractivity contribution is -0.245. The van der Waals surface area contributed by atoms with Crippen molar-refractivity contribution in [2.24, 2.45) is 0 Å². The zero-order valence-electron chi connectivity index (χ0n) is 13.2. The van der Waals surface area contributed by atoms with Gasteiger partial charge in [-0.25, -0.2) is 0 Å². The summed E-state index contributed by atoms with van der Waals surface area (Å²) in [6.07, 6.45) is -3.15. The Balaban J connectivity index is 1.80. The van der Waals surface area contributed by atoms with Crippen LogP contribution >= 0.6 is 0 Å². The van der Waals surface area contributed by atoms with Crippen LogP contribution in [0.5, 0.6) is 0 Å². The van der Waals surface area contributed by atoms with Gasteiger partial charge in [-0.1, -0.05) is 6.07 Å². The van der Waals surface area contributed by atoms with E-state index in [1.54, 1.807) is 18.2 Å². The van der Waals surface area contributed by atoms with E-state index in [1.807, 2.05) is 13.0 Å². The number of carbonyl (C=O) groups excluding carboxylic acids is 1. The molecule has 7 nitrogen and oxygen atoms in total. The summed E-state index contributed by atoms with van der Waals surface area (Å²) in [5.74, 6) is 0.0272. The molecule has 2 aliphatic rings. The van der Waals surface area contributed by atoms with Crippen LogP contribution < -0.4 is 5.32 Å². The summed E-state index contributed by atoms with van der Waals surface area (Å²) in [6, 6.07) is 4.46. The third-order valence-electron chi connectivity index (χ3n) is 4.51. The minimum Gasteiger partial charge on any atom is -0.394 e. The van der Waals surface area contributed by atoms with Gasteiger partial charge in [0.2, 0.25) is 0 Å². The van der Waals surface area contributed by atoms with Gasteiger partial charge in [-0.05, 0) is 41.8 Å². The fraction of sp³-hybridized carbons (Fsp3) is 0.471. The molecule has 7 heteroatoms. The minimum atomic E-state index is -1.39. The Labute approximate surface area is 139 Å². The van der Waals surface area contributed by atoms with Gasteiger partial charge in [0, 0.05) is 12.1 Å². The van der Waals surface area contributed by atoms with Gasteiger partial charge in [0.25, 0.3) is 0 Å². The molecule has 0 aromatic heterocycles. The lowest BCUT2D eigenvalue weighted by Crippen LogP contribution is -2.61. The number of hydrogen-bond donors (Lipinski definition) is 5. The number of anilines is 1. The van der Waals surface area contributed by atoms with Gasteiger partial charge in [-0.15, -0.1) is 0 Å². The molecule has 1 aromatic rings. The molecule has 1 saturated heterocycles. The van der Waals surface area contributed by atoms with E-state index in [-0.39, 0.29) is 5.78 Å². The number of allylic oxidation sites excluding steroid dienone is 2. The molecule has 5 atom stereocenters. The van der Waals surface area contributed by atoms with Crippen molar-refractivity contribution in [2.45, 2.75) is 44.0 Å². The number of ketones is 1. The van der Waals surface area contributed by atoms with Crippen molar-refractivity contribution >= 4 is 17.0 Å². The maximum Gasteiger partial charge on any atom is 0.178 e. The smallest absolute Gasteiger partial charge is 0.178 e. The third kappa shape index (κ3) is 3.09. The first-order valence-electron chi connectivity index (χ1n) is 7.82. The van der Waals surface area contributed by atoms with Gasteiger partial charge in [0.15, 0.2) is 12.1 Å². The van der Waals surface area contributed by atoms with Crippen molar-refractivity contribution in [2.75, 3.05) is 11.9 Å². The van der Waals surface area contributed by atoms with Crippen molar-refractivity contribution in [3.8, 4) is 0 Å². The van der Waals surface area contributed by atoms with Crippen molar-refractivity contribution < 1.29 is 30.0 Å². The van der Waals surface area contributed by atoms with E-state index in [4.69, 9.17) is 9.84 Å². The summed E-state index contributed by atoms with van der Waals surface area (Å²) in [7, 11) is 0. The predicted octanol–water partition coefficient (Wildman–Crippen LogP) is -0.573. The number of fused-ring (bicyclic) bond motifs is 1. The first kappa shape index (κ1) is 17.1. The number of ether oxygens (including phenoxy) is 1. The fourth-order valence-electron chi connectivity index (χ4n) is 3.22. The van der Waals surface area contributed by atoms with E-state index in [9.17, 15) is 20.1 Å².